The first-order valence-electron chi connectivity index (χ1n) is 12.5. The van der Waals surface area contributed by atoms with Gasteiger partial charge >= 0.3 is 6.09 Å². The Labute approximate surface area is 214 Å². The standard InChI is InChI=1S/C25H33N7O3S/c1-5-11-36-23-27-21(26-17-12-16(17)15-9-7-6-8-10-15)20-22(28-23)32(30-29-20)18-13-31(14-19(18)33)24(34)35-25(2,3)4/h6-10,16-19,33H,5,11-14H2,1-4H3,(H,26,27,28)/t16-,17+,18+,19+/m0/s1. The number of aromatic nitrogens is 5. The Morgan fingerprint density at radius 1 is 1.22 bits per heavy atom. The Morgan fingerprint density at radius 2 is 2.00 bits per heavy atom. The molecule has 4 atom stereocenters. The molecule has 5 rings (SSSR count). The average molecular weight is 512 g/mol. The number of anilines is 1. The van der Waals surface area contributed by atoms with E-state index in [2.05, 4.69) is 46.8 Å². The molecule has 1 aliphatic heterocycles. The number of benzene rings is 1. The number of nitrogens with zero attached hydrogens (tertiary/aromatic N) is 6. The van der Waals surface area contributed by atoms with Crippen LogP contribution in [0.1, 0.15) is 58.1 Å². The number of hydrogen-bond donors (Lipinski definition) is 2. The van der Waals surface area contributed by atoms with Gasteiger partial charge in [-0.15, -0.1) is 5.10 Å². The van der Waals surface area contributed by atoms with Crippen molar-refractivity contribution < 1.29 is 14.6 Å². The lowest BCUT2D eigenvalue weighted by atomic mass is 10.1. The molecule has 1 amide bonds. The molecule has 1 aromatic carbocycles. The zero-order valence-electron chi connectivity index (χ0n) is 21.1. The SMILES string of the molecule is CCCSc1nc(N[C@@H]2C[C@H]2c2ccccc2)c2nnn([C@@H]3CN(C(=O)OC(C)(C)C)C[C@H]3O)c2n1. The van der Waals surface area contributed by atoms with Gasteiger partial charge in [0.2, 0.25) is 0 Å². The number of nitrogens with one attached hydrogen (secondary N) is 1. The maximum atomic E-state index is 12.6. The lowest BCUT2D eigenvalue weighted by molar-refractivity contribution is 0.0269. The predicted octanol–water partition coefficient (Wildman–Crippen LogP) is 3.84. The van der Waals surface area contributed by atoms with E-state index in [4.69, 9.17) is 14.7 Å². The molecular weight excluding hydrogens is 478 g/mol. The number of hydrogen-bond acceptors (Lipinski definition) is 9. The Kier molecular flexibility index (Phi) is 6.78. The molecule has 192 valence electrons. The van der Waals surface area contributed by atoms with Gasteiger partial charge in [-0.1, -0.05) is 54.2 Å². The number of likely N-dealkylation sites (tertiary alicyclic amines) is 1. The third-order valence-electron chi connectivity index (χ3n) is 6.30. The van der Waals surface area contributed by atoms with E-state index in [1.54, 1.807) is 16.4 Å². The summed E-state index contributed by atoms with van der Waals surface area (Å²) in [6, 6.07) is 10.2. The van der Waals surface area contributed by atoms with Crippen molar-refractivity contribution in [3.8, 4) is 0 Å². The molecule has 36 heavy (non-hydrogen) atoms. The highest BCUT2D eigenvalue weighted by atomic mass is 32.2. The van der Waals surface area contributed by atoms with Crippen molar-refractivity contribution in [3.63, 3.8) is 0 Å². The Bertz CT molecular complexity index is 1230. The van der Waals surface area contributed by atoms with Crippen LogP contribution in [0, 0.1) is 0 Å². The third-order valence-corrected chi connectivity index (χ3v) is 7.36. The fourth-order valence-electron chi connectivity index (χ4n) is 4.48. The summed E-state index contributed by atoms with van der Waals surface area (Å²) in [7, 11) is 0. The number of ether oxygens (including phenoxy) is 1. The first kappa shape index (κ1) is 24.8. The van der Waals surface area contributed by atoms with Crippen LogP contribution in [0.3, 0.4) is 0 Å². The van der Waals surface area contributed by atoms with Gasteiger partial charge in [0.05, 0.1) is 12.6 Å². The maximum Gasteiger partial charge on any atom is 0.410 e. The molecule has 0 spiro atoms. The molecule has 0 unspecified atom stereocenters. The highest BCUT2D eigenvalue weighted by Crippen LogP contribution is 2.43. The van der Waals surface area contributed by atoms with E-state index < -0.39 is 23.8 Å². The minimum Gasteiger partial charge on any atom is -0.444 e. The van der Waals surface area contributed by atoms with Crippen molar-refractivity contribution in [2.75, 3.05) is 24.2 Å². The summed E-state index contributed by atoms with van der Waals surface area (Å²) in [4.78, 5) is 23.6. The highest BCUT2D eigenvalue weighted by Gasteiger charge is 2.41. The molecule has 0 radical (unpaired) electrons. The van der Waals surface area contributed by atoms with Crippen LogP contribution in [0.25, 0.3) is 11.2 Å². The molecule has 1 aliphatic carbocycles. The lowest BCUT2D eigenvalue weighted by Crippen LogP contribution is -2.36. The Morgan fingerprint density at radius 3 is 2.72 bits per heavy atom. The topological polar surface area (TPSA) is 118 Å². The van der Waals surface area contributed by atoms with Crippen LogP contribution in [0.2, 0.25) is 0 Å². The number of fused-ring (bicyclic) bond motifs is 1. The smallest absolute Gasteiger partial charge is 0.410 e. The number of aliphatic hydroxyl groups excluding tert-OH is 1. The van der Waals surface area contributed by atoms with Crippen molar-refractivity contribution >= 4 is 34.8 Å². The summed E-state index contributed by atoms with van der Waals surface area (Å²) in [5.41, 5.74) is 1.82. The zero-order chi connectivity index (χ0) is 25.4. The second-order valence-electron chi connectivity index (χ2n) is 10.4. The molecule has 0 bridgehead atoms. The van der Waals surface area contributed by atoms with E-state index in [0.717, 1.165) is 18.6 Å². The Hall–Kier alpha value is -2.92. The van der Waals surface area contributed by atoms with Gasteiger partial charge in [-0.05, 0) is 39.2 Å². The summed E-state index contributed by atoms with van der Waals surface area (Å²) < 4.78 is 7.13. The highest BCUT2D eigenvalue weighted by molar-refractivity contribution is 7.99. The van der Waals surface area contributed by atoms with E-state index in [1.807, 2.05) is 26.8 Å². The lowest BCUT2D eigenvalue weighted by Gasteiger charge is -2.24. The second-order valence-corrected chi connectivity index (χ2v) is 11.5. The van der Waals surface area contributed by atoms with Gasteiger partial charge in [0.1, 0.15) is 11.6 Å². The largest absolute Gasteiger partial charge is 0.444 e. The summed E-state index contributed by atoms with van der Waals surface area (Å²) in [5, 5.41) is 23.8. The molecule has 3 aromatic rings. The van der Waals surface area contributed by atoms with Crippen LogP contribution < -0.4 is 5.32 Å². The first-order valence-corrected chi connectivity index (χ1v) is 13.4. The van der Waals surface area contributed by atoms with E-state index in [9.17, 15) is 9.90 Å². The van der Waals surface area contributed by atoms with Gasteiger partial charge in [0, 0.05) is 24.3 Å². The van der Waals surface area contributed by atoms with Gasteiger partial charge in [-0.3, -0.25) is 0 Å². The van der Waals surface area contributed by atoms with Crippen molar-refractivity contribution in [3.05, 3.63) is 35.9 Å². The monoisotopic (exact) mass is 511 g/mol. The molecule has 2 N–H and O–H groups in total. The minimum atomic E-state index is -0.813. The number of carbonyl (C=O) groups is 1. The van der Waals surface area contributed by atoms with Gasteiger partial charge in [0.25, 0.3) is 0 Å². The van der Waals surface area contributed by atoms with Crippen molar-refractivity contribution in [2.45, 2.75) is 75.4 Å². The number of thioether (sulfide) groups is 1. The first-order chi connectivity index (χ1) is 17.2. The zero-order valence-corrected chi connectivity index (χ0v) is 21.9. The number of amides is 1. The predicted molar refractivity (Wildman–Crippen MR) is 138 cm³/mol. The molecule has 1 saturated carbocycles. The van der Waals surface area contributed by atoms with Crippen LogP contribution in [0.5, 0.6) is 0 Å². The van der Waals surface area contributed by atoms with E-state index >= 15 is 0 Å². The molecule has 2 aromatic heterocycles. The van der Waals surface area contributed by atoms with Gasteiger partial charge in [-0.25, -0.2) is 19.4 Å². The van der Waals surface area contributed by atoms with Crippen molar-refractivity contribution in [2.24, 2.45) is 0 Å². The fraction of sp³-hybridized carbons (Fsp3) is 0.560. The van der Waals surface area contributed by atoms with Gasteiger partial charge in [-0.2, -0.15) is 0 Å². The third kappa shape index (κ3) is 5.27. The van der Waals surface area contributed by atoms with E-state index in [-0.39, 0.29) is 19.1 Å². The number of carbonyl (C=O) groups excluding carboxylic acids is 1. The fourth-order valence-corrected chi connectivity index (χ4v) is 5.17. The molecule has 2 fully saturated rings. The maximum absolute atomic E-state index is 12.6. The average Bonchev–Trinajstić information content (AvgIpc) is 3.29. The van der Waals surface area contributed by atoms with E-state index in [0.29, 0.717) is 28.1 Å². The quantitative estimate of drug-likeness (QED) is 0.360. The number of β-amino-alcohol motifs (C(OH)–C–C–N with tert-alkyl or cyclic N) is 1. The summed E-state index contributed by atoms with van der Waals surface area (Å²) >= 11 is 1.58. The number of rotatable bonds is 7. The van der Waals surface area contributed by atoms with Crippen molar-refractivity contribution in [1.82, 2.24) is 29.9 Å². The second kappa shape index (κ2) is 9.85. The van der Waals surface area contributed by atoms with Crippen LogP contribution in [-0.4, -0.2) is 77.7 Å². The normalized spacial score (nSPS) is 23.8. The molecular formula is C25H33N7O3S. The molecule has 2 aliphatic rings. The van der Waals surface area contributed by atoms with Crippen LogP contribution in [-0.2, 0) is 4.74 Å². The minimum absolute atomic E-state index is 0.162. The van der Waals surface area contributed by atoms with Crippen LogP contribution in [0.4, 0.5) is 10.6 Å². The molecule has 1 saturated heterocycles. The number of aliphatic hydroxyl groups is 1. The summed E-state index contributed by atoms with van der Waals surface area (Å²) in [5.74, 6) is 1.97. The Balaban J connectivity index is 1.41. The van der Waals surface area contributed by atoms with Crippen LogP contribution in [0.15, 0.2) is 35.5 Å². The molecule has 10 nitrogen and oxygen atoms in total. The van der Waals surface area contributed by atoms with E-state index in [1.165, 1.54) is 10.5 Å². The van der Waals surface area contributed by atoms with Gasteiger partial charge < -0.3 is 20.1 Å². The summed E-state index contributed by atoms with van der Waals surface area (Å²) in [6.07, 6.45) is 0.751. The molecule has 3 heterocycles. The summed E-state index contributed by atoms with van der Waals surface area (Å²) in [6.45, 7) is 8.01. The van der Waals surface area contributed by atoms with Gasteiger partial charge in [0.15, 0.2) is 22.1 Å². The molecule has 11 heteroatoms. The van der Waals surface area contributed by atoms with Crippen molar-refractivity contribution in [1.29, 1.82) is 0 Å². The van der Waals surface area contributed by atoms with Crippen LogP contribution >= 0.6 is 11.8 Å².